The van der Waals surface area contributed by atoms with Crippen LogP contribution in [0, 0.1) is 0 Å². The molecule has 1 N–H and O–H groups in total. The summed E-state index contributed by atoms with van der Waals surface area (Å²) in [6.45, 7) is 1.03. The fourth-order valence-electron chi connectivity index (χ4n) is 3.29. The topological polar surface area (TPSA) is 31.9 Å². The molecule has 1 unspecified atom stereocenters. The first-order valence-electron chi connectivity index (χ1n) is 7.91. The monoisotopic (exact) mass is 355 g/mol. The van der Waals surface area contributed by atoms with E-state index in [0.29, 0.717) is 12.1 Å². The third-order valence-corrected chi connectivity index (χ3v) is 5.09. The number of imidazole rings is 1. The summed E-state index contributed by atoms with van der Waals surface area (Å²) in [5, 5.41) is 0. The molecule has 24 heavy (non-hydrogen) atoms. The van der Waals surface area contributed by atoms with Crippen LogP contribution in [-0.4, -0.2) is 33.4 Å². The molecule has 2 aromatic rings. The van der Waals surface area contributed by atoms with Crippen LogP contribution in [0.4, 0.5) is 13.2 Å². The van der Waals surface area contributed by atoms with Gasteiger partial charge in [0.2, 0.25) is 0 Å². The molecule has 1 atom stereocenters. The number of hydrogen-bond donors (Lipinski definition) is 1. The highest BCUT2D eigenvalue weighted by atomic mass is 32.2. The molecular weight excluding hydrogens is 335 g/mol. The number of aromatic amines is 1. The van der Waals surface area contributed by atoms with Crippen molar-refractivity contribution in [2.24, 2.45) is 0 Å². The van der Waals surface area contributed by atoms with Gasteiger partial charge in [0.05, 0.1) is 23.6 Å². The highest BCUT2D eigenvalue weighted by molar-refractivity contribution is 7.98. The summed E-state index contributed by atoms with van der Waals surface area (Å²) in [6.07, 6.45) is 1.08. The van der Waals surface area contributed by atoms with E-state index in [1.807, 2.05) is 6.26 Å². The largest absolute Gasteiger partial charge is 0.416 e. The first-order valence-corrected chi connectivity index (χ1v) is 9.30. The van der Waals surface area contributed by atoms with Crippen LogP contribution >= 0.6 is 11.8 Å². The Hall–Kier alpha value is -1.47. The SMILES string of the molecule is CSCCC1c2nc[nH]c2CCN1Cc1ccccc1C(F)(F)F. The standard InChI is InChI=1S/C17H20F3N3S/c1-24-9-7-15-16-14(21-11-22-16)6-8-23(15)10-12-4-2-3-5-13(12)17(18,19)20/h2-5,11,15H,6-10H2,1H3,(H,21,22). The van der Waals surface area contributed by atoms with Crippen LogP contribution in [0.3, 0.4) is 0 Å². The zero-order valence-electron chi connectivity index (χ0n) is 13.4. The minimum atomic E-state index is -4.32. The number of thioether (sulfide) groups is 1. The van der Waals surface area contributed by atoms with Crippen LogP contribution < -0.4 is 0 Å². The van der Waals surface area contributed by atoms with Crippen LogP contribution in [0.15, 0.2) is 30.6 Å². The molecule has 1 aromatic carbocycles. The Kier molecular flexibility index (Phi) is 5.20. The van der Waals surface area contributed by atoms with Crippen LogP contribution in [0.25, 0.3) is 0 Å². The molecular formula is C17H20F3N3S. The molecule has 0 amide bonds. The summed E-state index contributed by atoms with van der Waals surface area (Å²) >= 11 is 1.74. The number of benzene rings is 1. The zero-order chi connectivity index (χ0) is 17.2. The predicted octanol–water partition coefficient (Wildman–Crippen LogP) is 4.28. The van der Waals surface area contributed by atoms with Crippen molar-refractivity contribution in [3.63, 3.8) is 0 Å². The molecule has 0 saturated carbocycles. The van der Waals surface area contributed by atoms with E-state index < -0.39 is 11.7 Å². The number of aromatic nitrogens is 2. The number of halogens is 3. The second-order valence-corrected chi connectivity index (χ2v) is 6.92. The van der Waals surface area contributed by atoms with E-state index in [2.05, 4.69) is 14.9 Å². The van der Waals surface area contributed by atoms with Gasteiger partial charge in [-0.3, -0.25) is 4.90 Å². The van der Waals surface area contributed by atoms with Gasteiger partial charge in [-0.2, -0.15) is 24.9 Å². The maximum absolute atomic E-state index is 13.3. The number of fused-ring (bicyclic) bond motifs is 1. The normalized spacial score (nSPS) is 18.6. The van der Waals surface area contributed by atoms with Crippen molar-refractivity contribution in [2.45, 2.75) is 31.6 Å². The lowest BCUT2D eigenvalue weighted by Gasteiger charge is -2.35. The van der Waals surface area contributed by atoms with E-state index >= 15 is 0 Å². The molecule has 1 aliphatic heterocycles. The lowest BCUT2D eigenvalue weighted by atomic mass is 9.98. The first-order chi connectivity index (χ1) is 11.5. The second kappa shape index (κ2) is 7.19. The van der Waals surface area contributed by atoms with Gasteiger partial charge in [0.1, 0.15) is 0 Å². The van der Waals surface area contributed by atoms with Crippen molar-refractivity contribution in [1.82, 2.24) is 14.9 Å². The molecule has 0 saturated heterocycles. The Labute approximate surface area is 143 Å². The smallest absolute Gasteiger partial charge is 0.348 e. The summed E-state index contributed by atoms with van der Waals surface area (Å²) in [4.78, 5) is 9.71. The van der Waals surface area contributed by atoms with Gasteiger partial charge in [-0.25, -0.2) is 4.98 Å². The summed E-state index contributed by atoms with van der Waals surface area (Å²) in [6, 6.07) is 5.92. The predicted molar refractivity (Wildman–Crippen MR) is 89.9 cm³/mol. The lowest BCUT2D eigenvalue weighted by Crippen LogP contribution is -2.36. The van der Waals surface area contributed by atoms with Gasteiger partial charge in [-0.15, -0.1) is 0 Å². The number of nitrogens with zero attached hydrogens (tertiary/aromatic N) is 2. The maximum Gasteiger partial charge on any atom is 0.416 e. The Bertz CT molecular complexity index is 684. The van der Waals surface area contributed by atoms with E-state index in [9.17, 15) is 13.2 Å². The Balaban J connectivity index is 1.87. The molecule has 1 aromatic heterocycles. The van der Waals surface area contributed by atoms with Crippen LogP contribution in [0.1, 0.15) is 35.0 Å². The van der Waals surface area contributed by atoms with Crippen molar-refractivity contribution < 1.29 is 13.2 Å². The highest BCUT2D eigenvalue weighted by Gasteiger charge is 2.35. The van der Waals surface area contributed by atoms with Crippen molar-refractivity contribution in [3.05, 3.63) is 53.1 Å². The minimum absolute atomic E-state index is 0.0636. The van der Waals surface area contributed by atoms with Crippen LogP contribution in [-0.2, 0) is 19.1 Å². The Morgan fingerprint density at radius 3 is 2.88 bits per heavy atom. The molecule has 7 heteroatoms. The van der Waals surface area contributed by atoms with Gasteiger partial charge in [-0.05, 0) is 30.1 Å². The molecule has 0 aliphatic carbocycles. The first kappa shape index (κ1) is 17.4. The average Bonchev–Trinajstić information content (AvgIpc) is 3.02. The third kappa shape index (κ3) is 3.62. The van der Waals surface area contributed by atoms with Crippen molar-refractivity contribution in [1.29, 1.82) is 0 Å². The van der Waals surface area contributed by atoms with Gasteiger partial charge in [-0.1, -0.05) is 18.2 Å². The number of alkyl halides is 3. The van der Waals surface area contributed by atoms with E-state index in [-0.39, 0.29) is 6.04 Å². The summed E-state index contributed by atoms with van der Waals surface area (Å²) < 4.78 is 39.8. The van der Waals surface area contributed by atoms with Crippen molar-refractivity contribution in [3.8, 4) is 0 Å². The van der Waals surface area contributed by atoms with Gasteiger partial charge in [0.15, 0.2) is 0 Å². The van der Waals surface area contributed by atoms with E-state index in [4.69, 9.17) is 0 Å². The third-order valence-electron chi connectivity index (χ3n) is 4.45. The van der Waals surface area contributed by atoms with Crippen LogP contribution in [0.5, 0.6) is 0 Å². The molecule has 3 rings (SSSR count). The maximum atomic E-state index is 13.3. The minimum Gasteiger partial charge on any atom is -0.348 e. The van der Waals surface area contributed by atoms with Gasteiger partial charge in [0.25, 0.3) is 0 Å². The zero-order valence-corrected chi connectivity index (χ0v) is 14.3. The van der Waals surface area contributed by atoms with E-state index in [0.717, 1.165) is 42.6 Å². The molecule has 0 radical (unpaired) electrons. The van der Waals surface area contributed by atoms with Crippen LogP contribution in [0.2, 0.25) is 0 Å². The quantitative estimate of drug-likeness (QED) is 0.869. The molecule has 3 nitrogen and oxygen atoms in total. The number of H-pyrrole nitrogens is 1. The number of hydrogen-bond acceptors (Lipinski definition) is 3. The second-order valence-electron chi connectivity index (χ2n) is 5.94. The van der Waals surface area contributed by atoms with Crippen molar-refractivity contribution in [2.75, 3.05) is 18.6 Å². The molecule has 0 spiro atoms. The van der Waals surface area contributed by atoms with E-state index in [1.165, 1.54) is 6.07 Å². The Morgan fingerprint density at radius 2 is 2.12 bits per heavy atom. The highest BCUT2D eigenvalue weighted by Crippen LogP contribution is 2.36. The number of rotatable bonds is 5. The van der Waals surface area contributed by atoms with E-state index in [1.54, 1.807) is 30.2 Å². The Morgan fingerprint density at radius 1 is 1.33 bits per heavy atom. The summed E-state index contributed by atoms with van der Waals surface area (Å²) in [7, 11) is 0. The fraction of sp³-hybridized carbons (Fsp3) is 0.471. The fourth-order valence-corrected chi connectivity index (χ4v) is 3.75. The lowest BCUT2D eigenvalue weighted by molar-refractivity contribution is -0.138. The number of nitrogens with one attached hydrogen (secondary N) is 1. The molecule has 0 fully saturated rings. The van der Waals surface area contributed by atoms with Gasteiger partial charge in [0, 0.05) is 25.2 Å². The van der Waals surface area contributed by atoms with Crippen molar-refractivity contribution >= 4 is 11.8 Å². The molecule has 2 heterocycles. The summed E-state index contributed by atoms with van der Waals surface area (Å²) in [5.41, 5.74) is 1.89. The molecule has 1 aliphatic rings. The molecule has 0 bridgehead atoms. The van der Waals surface area contributed by atoms with Gasteiger partial charge < -0.3 is 4.98 Å². The van der Waals surface area contributed by atoms with Gasteiger partial charge >= 0.3 is 6.18 Å². The molecule has 130 valence electrons. The summed E-state index contributed by atoms with van der Waals surface area (Å²) in [5.74, 6) is 0.953. The average molecular weight is 355 g/mol.